The van der Waals surface area contributed by atoms with Crippen molar-refractivity contribution < 1.29 is 13.3 Å². The molecule has 0 heterocycles. The molecule has 0 aromatic heterocycles. The highest BCUT2D eigenvalue weighted by Crippen LogP contribution is 1.44. The van der Waals surface area contributed by atoms with E-state index in [2.05, 4.69) is 0 Å². The van der Waals surface area contributed by atoms with Gasteiger partial charge >= 0.3 is 0 Å². The first-order valence-electron chi connectivity index (χ1n) is 0.532. The van der Waals surface area contributed by atoms with Crippen LogP contribution in [0.5, 0.6) is 0 Å². The van der Waals surface area contributed by atoms with Crippen LogP contribution in [0.2, 0.25) is 0 Å². The molecule has 0 amide bonds. The fourth-order valence-corrected chi connectivity index (χ4v) is 0. The highest BCUT2D eigenvalue weighted by atomic mass is 32.2. The quantitative estimate of drug-likeness (QED) is 0.279. The van der Waals surface area contributed by atoms with Gasteiger partial charge in [-0.1, -0.05) is 0 Å². The second-order valence-corrected chi connectivity index (χ2v) is 0.692. The van der Waals surface area contributed by atoms with E-state index in [4.69, 9.17) is 13.3 Å². The summed E-state index contributed by atoms with van der Waals surface area (Å²) >= 11 is -2.61. The first kappa shape index (κ1) is 16.0. The normalized spacial score (nSPS) is 5.83. The van der Waals surface area contributed by atoms with E-state index in [1.165, 1.54) is 0 Å². The average molecular weight is 129 g/mol. The van der Waals surface area contributed by atoms with Crippen LogP contribution in [0.3, 0.4) is 0 Å². The molecule has 6 heteroatoms. The van der Waals surface area contributed by atoms with Crippen molar-refractivity contribution in [3.05, 3.63) is 0 Å². The fraction of sp³-hybridized carbons (Fsp3) is 0. The van der Waals surface area contributed by atoms with Crippen LogP contribution in [0.25, 0.3) is 0 Å². The van der Waals surface area contributed by atoms with E-state index in [-0.39, 0.29) is 23.5 Å². The Morgan fingerprint density at radius 2 is 1.33 bits per heavy atom. The van der Waals surface area contributed by atoms with Crippen molar-refractivity contribution >= 4 is 28.7 Å². The maximum atomic E-state index is 8.67. The van der Waals surface area contributed by atoms with E-state index >= 15 is 0 Å². The van der Waals surface area contributed by atoms with Gasteiger partial charge in [0.1, 0.15) is 0 Å². The molecule has 0 bridgehead atoms. The predicted octanol–water partition coefficient (Wildman–Crippen LogP) is -1.34. The molecule has 0 aromatic rings. The molecule has 0 atom stereocenters. The molecule has 0 unspecified atom stereocenters. The molecule has 0 aliphatic carbocycles. The third-order valence-corrected chi connectivity index (χ3v) is 0. The molecule has 4 nitrogen and oxygen atoms in total. The lowest BCUT2D eigenvalue weighted by Crippen LogP contribution is -1.74. The summed E-state index contributed by atoms with van der Waals surface area (Å²) in [4.78, 5) is 0. The van der Waals surface area contributed by atoms with Crippen molar-refractivity contribution in [1.82, 2.24) is 6.15 Å². The molecule has 0 spiro atoms. The first-order chi connectivity index (χ1) is 1.73. The Kier molecular flexibility index (Phi) is 24.3. The minimum atomic E-state index is -2.61. The van der Waals surface area contributed by atoms with E-state index in [9.17, 15) is 0 Å². The van der Waals surface area contributed by atoms with Gasteiger partial charge < -0.3 is 6.15 Å². The van der Waals surface area contributed by atoms with Crippen LogP contribution in [0.4, 0.5) is 0 Å². The Bertz CT molecular complexity index is 33.8. The van der Waals surface area contributed by atoms with E-state index < -0.39 is 11.4 Å². The summed E-state index contributed by atoms with van der Waals surface area (Å²) in [5.74, 6) is 0. The number of hydrogen-bond acceptors (Lipinski definition) is 2. The summed E-state index contributed by atoms with van der Waals surface area (Å²) in [6.07, 6.45) is 0. The van der Waals surface area contributed by atoms with Crippen LogP contribution in [0, 0.1) is 0 Å². The summed E-state index contributed by atoms with van der Waals surface area (Å²) in [7, 11) is 0. The maximum absolute atomic E-state index is 8.67. The Labute approximate surface area is 48.8 Å². The molecule has 40 valence electrons. The van der Waals surface area contributed by atoms with Gasteiger partial charge in [0.15, 0.2) is 17.4 Å². The third kappa shape index (κ3) is 183. The second-order valence-electron chi connectivity index (χ2n) is 0.231. The van der Waals surface area contributed by atoms with Crippen molar-refractivity contribution in [2.75, 3.05) is 0 Å². The van der Waals surface area contributed by atoms with Gasteiger partial charge in [-0.3, -0.25) is 9.11 Å². The summed E-state index contributed by atoms with van der Waals surface area (Å²) in [5, 5.41) is 0. The molecule has 0 fully saturated rings. The minimum absolute atomic E-state index is 0. The molecule has 6 heavy (non-hydrogen) atoms. The zero-order valence-electron chi connectivity index (χ0n) is 2.42. The van der Waals surface area contributed by atoms with E-state index in [0.717, 1.165) is 0 Å². The van der Waals surface area contributed by atoms with Gasteiger partial charge in [0, 0.05) is 0 Å². The van der Waals surface area contributed by atoms with Crippen LogP contribution >= 0.6 is 0 Å². The summed E-state index contributed by atoms with van der Waals surface area (Å²) in [6.45, 7) is 0. The average Bonchev–Trinajstić information content (AvgIpc) is 0.811. The summed E-state index contributed by atoms with van der Waals surface area (Å²) in [6, 6.07) is 0. The molecule has 0 aromatic carbocycles. The Morgan fingerprint density at radius 3 is 1.33 bits per heavy atom. The van der Waals surface area contributed by atoms with Crippen molar-refractivity contribution in [1.29, 1.82) is 0 Å². The largest absolute Gasteiger partial charge is 0.344 e. The van der Waals surface area contributed by atoms with Gasteiger partial charge in [0.05, 0.1) is 0 Å². The topological polar surface area (TPSA) is 92.5 Å². The van der Waals surface area contributed by atoms with Crippen LogP contribution in [0.15, 0.2) is 0 Å². The van der Waals surface area contributed by atoms with Gasteiger partial charge in [-0.2, -0.15) is 4.21 Å². The van der Waals surface area contributed by atoms with E-state index in [1.54, 1.807) is 0 Å². The highest BCUT2D eigenvalue weighted by molar-refractivity contribution is 7.73. The molecule has 0 saturated carbocycles. The summed E-state index contributed by atoms with van der Waals surface area (Å²) in [5.41, 5.74) is 0. The standard InChI is InChI=1S/Al.H3N.H2O3S.3H/c;;1-4(2)3;;;/h;1H3;(H2,1,2,3);;;. The lowest BCUT2D eigenvalue weighted by atomic mass is 14.0. The SMILES string of the molecule is N.O=S(O)O.[AlH3]. The van der Waals surface area contributed by atoms with Gasteiger partial charge in [0.25, 0.3) is 11.4 Å². The fourth-order valence-electron chi connectivity index (χ4n) is 0. The predicted molar refractivity (Wildman–Crippen MR) is 28.4 cm³/mol. The Balaban J connectivity index is -0.0000000450. The van der Waals surface area contributed by atoms with Gasteiger partial charge in [-0.05, 0) is 0 Å². The molecular formula is H8AlNO3S. The van der Waals surface area contributed by atoms with Crippen LogP contribution < -0.4 is 6.15 Å². The lowest BCUT2D eigenvalue weighted by Gasteiger charge is -1.59. The van der Waals surface area contributed by atoms with Crippen LogP contribution in [-0.4, -0.2) is 30.7 Å². The minimum Gasteiger partial charge on any atom is -0.344 e. The zero-order valence-corrected chi connectivity index (χ0v) is 3.23. The molecule has 0 aliphatic heterocycles. The van der Waals surface area contributed by atoms with E-state index in [1.807, 2.05) is 0 Å². The smallest absolute Gasteiger partial charge is 0.299 e. The monoisotopic (exact) mass is 129 g/mol. The van der Waals surface area contributed by atoms with Crippen molar-refractivity contribution in [3.63, 3.8) is 0 Å². The molecule has 0 rings (SSSR count). The first-order valence-corrected chi connectivity index (χ1v) is 1.60. The van der Waals surface area contributed by atoms with Crippen molar-refractivity contribution in [3.8, 4) is 0 Å². The molecule has 0 aliphatic rings. The summed E-state index contributed by atoms with van der Waals surface area (Å²) < 4.78 is 22.8. The van der Waals surface area contributed by atoms with Crippen molar-refractivity contribution in [2.24, 2.45) is 0 Å². The Morgan fingerprint density at radius 1 is 1.33 bits per heavy atom. The third-order valence-electron chi connectivity index (χ3n) is 0. The van der Waals surface area contributed by atoms with E-state index in [0.29, 0.717) is 0 Å². The highest BCUT2D eigenvalue weighted by Gasteiger charge is 1.62. The number of hydrogen-bond donors (Lipinski definition) is 3. The van der Waals surface area contributed by atoms with Crippen LogP contribution in [-0.2, 0) is 11.4 Å². The van der Waals surface area contributed by atoms with Gasteiger partial charge in [-0.15, -0.1) is 0 Å². The zero-order chi connectivity index (χ0) is 3.58. The second kappa shape index (κ2) is 9.12. The molecule has 5 N–H and O–H groups in total. The number of rotatable bonds is 0. The molecule has 0 saturated heterocycles. The van der Waals surface area contributed by atoms with Crippen molar-refractivity contribution in [2.45, 2.75) is 0 Å². The maximum Gasteiger partial charge on any atom is 0.299 e. The van der Waals surface area contributed by atoms with Gasteiger partial charge in [-0.25, -0.2) is 0 Å². The molecular weight excluding hydrogens is 121 g/mol. The molecule has 0 radical (unpaired) electrons. The van der Waals surface area contributed by atoms with Crippen LogP contribution in [0.1, 0.15) is 0 Å². The Hall–Kier alpha value is 0.562. The lowest BCUT2D eigenvalue weighted by molar-refractivity contribution is 0.454. The van der Waals surface area contributed by atoms with Gasteiger partial charge in [0.2, 0.25) is 0 Å².